The molecule has 0 aromatic carbocycles. The van der Waals surface area contributed by atoms with Gasteiger partial charge in [-0.15, -0.1) is 0 Å². The van der Waals surface area contributed by atoms with Gasteiger partial charge < -0.3 is 20.1 Å². The molecule has 0 rings (SSSR count). The molecule has 1 amide bonds. The largest absolute Gasteiger partial charge is 0.472 e. The number of aliphatic hydroxyl groups is 1. The van der Waals surface area contributed by atoms with Crippen LogP contribution in [0.5, 0.6) is 0 Å². The lowest BCUT2D eigenvalue weighted by Gasteiger charge is -2.15. The molecule has 0 heterocycles. The Morgan fingerprint density at radius 1 is 0.534 bits per heavy atom. The Bertz CT molecular complexity index is 1010. The van der Waals surface area contributed by atoms with Crippen LogP contribution in [-0.2, 0) is 27.9 Å². The van der Waals surface area contributed by atoms with Crippen molar-refractivity contribution in [3.05, 3.63) is 24.3 Å². The Labute approximate surface area is 357 Å². The van der Waals surface area contributed by atoms with Crippen LogP contribution >= 0.6 is 7.82 Å². The number of rotatable bonds is 46. The minimum Gasteiger partial charge on any atom is -0.463 e. The summed E-state index contributed by atoms with van der Waals surface area (Å²) in [6, 6.07) is 0. The van der Waals surface area contributed by atoms with Crippen LogP contribution in [0.1, 0.15) is 239 Å². The maximum Gasteiger partial charge on any atom is 0.472 e. The number of carbonyl (C=O) groups is 2. The fourth-order valence-electron chi connectivity index (χ4n) is 6.95. The highest BCUT2D eigenvalue weighted by molar-refractivity contribution is 7.47. The third-order valence-electron chi connectivity index (χ3n) is 10.6. The number of phosphoric ester groups is 1. The van der Waals surface area contributed by atoms with E-state index in [1.54, 1.807) is 0 Å². The SMILES string of the molecule is CCC/C=C\C/C=C\CCCCCCCC(=O)OCC(O)COP(=O)(O)OCCNC(=O)CCCCCCCCCCCCCCCCCCCCCCCCCC. The maximum atomic E-state index is 12.1. The molecule has 0 aliphatic carbocycles. The Hall–Kier alpha value is -1.51. The number of allylic oxidation sites excluding steroid dienone is 4. The van der Waals surface area contributed by atoms with Gasteiger partial charge in [-0.05, 0) is 38.5 Å². The van der Waals surface area contributed by atoms with Crippen molar-refractivity contribution in [1.29, 1.82) is 0 Å². The van der Waals surface area contributed by atoms with Gasteiger partial charge in [0.05, 0.1) is 13.2 Å². The number of hydrogen-bond acceptors (Lipinski definition) is 7. The minimum atomic E-state index is -4.42. The molecule has 0 aliphatic heterocycles. The Kier molecular flexibility index (Phi) is 43.9. The van der Waals surface area contributed by atoms with Crippen molar-refractivity contribution < 1.29 is 37.9 Å². The standard InChI is InChI=1S/C48H92NO8P/c1-3-5-7-9-11-13-15-17-18-19-20-21-22-23-24-25-26-27-29-30-32-34-36-38-40-47(51)49-42-43-56-58(53,54)57-45-46(50)44-55-48(52)41-39-37-35-33-31-28-16-14-12-10-8-6-4-2/h8,10,14,16,46,50H,3-7,9,11-13,15,17-45H2,1-2H3,(H,49,51)(H,53,54)/b10-8-,16-14-. The molecule has 3 N–H and O–H groups in total. The van der Waals surface area contributed by atoms with Gasteiger partial charge in [-0.25, -0.2) is 4.57 Å². The average molecular weight is 842 g/mol. The average Bonchev–Trinajstić information content (AvgIpc) is 3.21. The van der Waals surface area contributed by atoms with Gasteiger partial charge in [-0.2, -0.15) is 0 Å². The number of nitrogens with one attached hydrogen (secondary N) is 1. The summed E-state index contributed by atoms with van der Waals surface area (Å²) in [6.07, 6.45) is 49.9. The Balaban J connectivity index is 3.51. The number of aliphatic hydroxyl groups excluding tert-OH is 1. The fraction of sp³-hybridized carbons (Fsp3) is 0.875. The molecule has 0 saturated heterocycles. The summed E-state index contributed by atoms with van der Waals surface area (Å²) < 4.78 is 26.9. The van der Waals surface area contributed by atoms with Crippen molar-refractivity contribution in [1.82, 2.24) is 5.32 Å². The Morgan fingerprint density at radius 3 is 1.45 bits per heavy atom. The molecule has 0 spiro atoms. The minimum absolute atomic E-state index is 0.0837. The van der Waals surface area contributed by atoms with Crippen molar-refractivity contribution in [2.24, 2.45) is 0 Å². The molecular formula is C48H92NO8P. The zero-order chi connectivity index (χ0) is 42.5. The van der Waals surface area contributed by atoms with Gasteiger partial charge in [-0.3, -0.25) is 18.6 Å². The summed E-state index contributed by atoms with van der Waals surface area (Å²) in [7, 11) is -4.42. The van der Waals surface area contributed by atoms with Crippen molar-refractivity contribution in [2.75, 3.05) is 26.4 Å². The van der Waals surface area contributed by atoms with Crippen LogP contribution in [0.3, 0.4) is 0 Å². The van der Waals surface area contributed by atoms with E-state index in [0.717, 1.165) is 70.6 Å². The zero-order valence-electron chi connectivity index (χ0n) is 37.8. The molecule has 2 unspecified atom stereocenters. The van der Waals surface area contributed by atoms with E-state index in [-0.39, 0.29) is 32.1 Å². The second kappa shape index (κ2) is 45.0. The van der Waals surface area contributed by atoms with E-state index in [2.05, 4.69) is 43.5 Å². The van der Waals surface area contributed by atoms with E-state index >= 15 is 0 Å². The van der Waals surface area contributed by atoms with Crippen molar-refractivity contribution in [3.63, 3.8) is 0 Å². The van der Waals surface area contributed by atoms with Crippen LogP contribution in [0.2, 0.25) is 0 Å². The smallest absolute Gasteiger partial charge is 0.463 e. The van der Waals surface area contributed by atoms with E-state index in [9.17, 15) is 24.2 Å². The number of esters is 1. The molecule has 0 saturated carbocycles. The molecule has 2 atom stereocenters. The second-order valence-electron chi connectivity index (χ2n) is 16.4. The third-order valence-corrected chi connectivity index (χ3v) is 11.6. The van der Waals surface area contributed by atoms with E-state index in [1.165, 1.54) is 141 Å². The van der Waals surface area contributed by atoms with Crippen molar-refractivity contribution in [3.8, 4) is 0 Å². The van der Waals surface area contributed by atoms with Gasteiger partial charge in [0, 0.05) is 19.4 Å². The molecule has 0 aromatic heterocycles. The van der Waals surface area contributed by atoms with Gasteiger partial charge >= 0.3 is 13.8 Å². The molecule has 0 aliphatic rings. The first kappa shape index (κ1) is 56.5. The molecule has 9 nitrogen and oxygen atoms in total. The number of unbranched alkanes of at least 4 members (excludes halogenated alkanes) is 29. The quantitative estimate of drug-likeness (QED) is 0.0239. The lowest BCUT2D eigenvalue weighted by molar-refractivity contribution is -0.147. The molecule has 0 aromatic rings. The number of amides is 1. The van der Waals surface area contributed by atoms with E-state index in [0.29, 0.717) is 6.42 Å². The number of phosphoric acid groups is 1. The molecule has 342 valence electrons. The number of carbonyl (C=O) groups excluding carboxylic acids is 2. The summed E-state index contributed by atoms with van der Waals surface area (Å²) in [6.45, 7) is 3.51. The Morgan fingerprint density at radius 2 is 0.966 bits per heavy atom. The van der Waals surface area contributed by atoms with Crippen LogP contribution in [0.15, 0.2) is 24.3 Å². The molecule has 0 fully saturated rings. The third kappa shape index (κ3) is 45.6. The van der Waals surface area contributed by atoms with Gasteiger partial charge in [0.2, 0.25) is 5.91 Å². The first-order chi connectivity index (χ1) is 28.3. The van der Waals surface area contributed by atoms with E-state index in [1.807, 2.05) is 0 Å². The van der Waals surface area contributed by atoms with Gasteiger partial charge in [0.15, 0.2) is 0 Å². The molecule has 58 heavy (non-hydrogen) atoms. The molecule has 0 bridgehead atoms. The lowest BCUT2D eigenvalue weighted by atomic mass is 10.0. The van der Waals surface area contributed by atoms with E-state index < -0.39 is 26.5 Å². The lowest BCUT2D eigenvalue weighted by Crippen LogP contribution is -2.27. The van der Waals surface area contributed by atoms with Crippen LogP contribution < -0.4 is 5.32 Å². The second-order valence-corrected chi connectivity index (χ2v) is 17.9. The van der Waals surface area contributed by atoms with Gasteiger partial charge in [-0.1, -0.05) is 212 Å². The first-order valence-electron chi connectivity index (χ1n) is 24.3. The number of hydrogen-bond donors (Lipinski definition) is 3. The van der Waals surface area contributed by atoms with Gasteiger partial charge in [0.25, 0.3) is 0 Å². The van der Waals surface area contributed by atoms with Crippen LogP contribution in [-0.4, -0.2) is 54.3 Å². The predicted octanol–water partition coefficient (Wildman–Crippen LogP) is 13.9. The topological polar surface area (TPSA) is 131 Å². The van der Waals surface area contributed by atoms with Crippen molar-refractivity contribution >= 4 is 19.7 Å². The highest BCUT2D eigenvalue weighted by atomic mass is 31.2. The normalized spacial score (nSPS) is 13.4. The maximum absolute atomic E-state index is 12.1. The van der Waals surface area contributed by atoms with Crippen LogP contribution in [0.25, 0.3) is 0 Å². The highest BCUT2D eigenvalue weighted by Gasteiger charge is 2.23. The monoisotopic (exact) mass is 842 g/mol. The first-order valence-corrected chi connectivity index (χ1v) is 25.8. The van der Waals surface area contributed by atoms with Gasteiger partial charge in [0.1, 0.15) is 12.7 Å². The fourth-order valence-corrected chi connectivity index (χ4v) is 7.71. The van der Waals surface area contributed by atoms with E-state index in [4.69, 9.17) is 13.8 Å². The predicted molar refractivity (Wildman–Crippen MR) is 243 cm³/mol. The molecular weight excluding hydrogens is 750 g/mol. The summed E-state index contributed by atoms with van der Waals surface area (Å²) in [5.41, 5.74) is 0. The summed E-state index contributed by atoms with van der Waals surface area (Å²) in [4.78, 5) is 34.0. The highest BCUT2D eigenvalue weighted by Crippen LogP contribution is 2.42. The molecule has 10 heteroatoms. The van der Waals surface area contributed by atoms with Crippen LogP contribution in [0.4, 0.5) is 0 Å². The van der Waals surface area contributed by atoms with Crippen molar-refractivity contribution in [2.45, 2.75) is 245 Å². The zero-order valence-corrected chi connectivity index (χ0v) is 38.6. The summed E-state index contributed by atoms with van der Waals surface area (Å²) >= 11 is 0. The summed E-state index contributed by atoms with van der Waals surface area (Å²) in [5.74, 6) is -0.522. The summed E-state index contributed by atoms with van der Waals surface area (Å²) in [5, 5.41) is 12.7. The number of ether oxygens (including phenoxy) is 1. The van der Waals surface area contributed by atoms with Crippen LogP contribution in [0, 0.1) is 0 Å². The molecule has 0 radical (unpaired) electrons.